The minimum Gasteiger partial charge on any atom is -0.353 e. The van der Waals surface area contributed by atoms with Crippen LogP contribution >= 0.6 is 49.7 Å². The first-order valence-corrected chi connectivity index (χ1v) is 11.3. The lowest BCUT2D eigenvalue weighted by Gasteiger charge is -2.23. The van der Waals surface area contributed by atoms with Gasteiger partial charge in [-0.15, -0.1) is 25.3 Å². The van der Waals surface area contributed by atoms with Crippen molar-refractivity contribution in [2.45, 2.75) is 39.8 Å². The Morgan fingerprint density at radius 3 is 1.46 bits per heavy atom. The average molecular weight is 449 g/mol. The third kappa shape index (κ3) is 7.07. The summed E-state index contributed by atoms with van der Waals surface area (Å²) in [6.07, 6.45) is 2.09. The molecule has 2 aromatic rings. The van der Waals surface area contributed by atoms with Gasteiger partial charge in [0, 0.05) is 26.2 Å². The maximum absolute atomic E-state index is 5.28. The molecule has 0 saturated carbocycles. The van der Waals surface area contributed by atoms with Crippen molar-refractivity contribution in [1.82, 2.24) is 9.80 Å². The van der Waals surface area contributed by atoms with E-state index in [0.717, 1.165) is 39.0 Å². The van der Waals surface area contributed by atoms with Gasteiger partial charge in [-0.1, -0.05) is 74.7 Å². The molecule has 0 fully saturated rings. The molecule has 6 heteroatoms. The second kappa shape index (κ2) is 11.8. The molecule has 0 saturated heterocycles. The van der Waals surface area contributed by atoms with Gasteiger partial charge in [0.2, 0.25) is 0 Å². The summed E-state index contributed by atoms with van der Waals surface area (Å²) in [5.74, 6) is 0. The second-order valence-corrected chi connectivity index (χ2v) is 9.03. The molecule has 2 nitrogen and oxygen atoms in total. The van der Waals surface area contributed by atoms with E-state index in [9.17, 15) is 0 Å². The highest BCUT2D eigenvalue weighted by molar-refractivity contribution is 8.11. The van der Waals surface area contributed by atoms with Gasteiger partial charge in [0.1, 0.15) is 8.64 Å². The van der Waals surface area contributed by atoms with E-state index in [0.29, 0.717) is 8.64 Å². The summed E-state index contributed by atoms with van der Waals surface area (Å²) in [4.78, 5) is 4.26. The number of hydrogen-bond acceptors (Lipinski definition) is 2. The molecule has 0 aromatic heterocycles. The fourth-order valence-electron chi connectivity index (χ4n) is 3.16. The van der Waals surface area contributed by atoms with Gasteiger partial charge in [-0.05, 0) is 47.2 Å². The molecule has 0 bridgehead atoms. The number of benzene rings is 2. The summed E-state index contributed by atoms with van der Waals surface area (Å²) in [5, 5.41) is 0. The average Bonchev–Trinajstić information content (AvgIpc) is 2.67. The van der Waals surface area contributed by atoms with Gasteiger partial charge in [-0.2, -0.15) is 0 Å². The number of thiocarbonyl (C=S) groups is 2. The van der Waals surface area contributed by atoms with Crippen molar-refractivity contribution in [3.05, 3.63) is 59.7 Å². The lowest BCUT2D eigenvalue weighted by atomic mass is 10.0. The van der Waals surface area contributed by atoms with Gasteiger partial charge in [0.15, 0.2) is 0 Å². The molecule has 0 spiro atoms. The molecule has 150 valence electrons. The molecular weight excluding hydrogens is 421 g/mol. The lowest BCUT2D eigenvalue weighted by Crippen LogP contribution is -2.26. The van der Waals surface area contributed by atoms with E-state index in [1.807, 2.05) is 0 Å². The van der Waals surface area contributed by atoms with Gasteiger partial charge in [0.25, 0.3) is 0 Å². The van der Waals surface area contributed by atoms with Crippen LogP contribution in [-0.4, -0.2) is 31.5 Å². The summed E-state index contributed by atoms with van der Waals surface area (Å²) in [7, 11) is 0. The lowest BCUT2D eigenvalue weighted by molar-refractivity contribution is 0.426. The van der Waals surface area contributed by atoms with E-state index < -0.39 is 0 Å². The Hall–Kier alpha value is -1.08. The molecule has 0 aliphatic rings. The number of rotatable bonds is 9. The Morgan fingerprint density at radius 1 is 0.750 bits per heavy atom. The van der Waals surface area contributed by atoms with Crippen LogP contribution in [0.15, 0.2) is 48.5 Å². The first kappa shape index (κ1) is 23.2. The maximum atomic E-state index is 5.28. The first-order valence-electron chi connectivity index (χ1n) is 9.58. The molecule has 2 aromatic carbocycles. The Morgan fingerprint density at radius 2 is 1.14 bits per heavy atom. The highest BCUT2D eigenvalue weighted by atomic mass is 32.1. The molecule has 0 aliphatic heterocycles. The minimum atomic E-state index is 0.646. The minimum absolute atomic E-state index is 0.646. The summed E-state index contributed by atoms with van der Waals surface area (Å²) < 4.78 is 1.29. The highest BCUT2D eigenvalue weighted by Crippen LogP contribution is 2.23. The Bertz CT molecular complexity index is 739. The summed E-state index contributed by atoms with van der Waals surface area (Å²) >= 11 is 19.3. The van der Waals surface area contributed by atoms with Crippen LogP contribution in [-0.2, 0) is 13.1 Å². The summed E-state index contributed by atoms with van der Waals surface area (Å²) in [6, 6.07) is 17.3. The fourth-order valence-corrected chi connectivity index (χ4v) is 3.82. The van der Waals surface area contributed by atoms with Gasteiger partial charge < -0.3 is 9.80 Å². The van der Waals surface area contributed by atoms with Gasteiger partial charge >= 0.3 is 0 Å². The van der Waals surface area contributed by atoms with Crippen LogP contribution in [0.3, 0.4) is 0 Å². The first-order chi connectivity index (χ1) is 13.4. The smallest absolute Gasteiger partial charge is 0.133 e. The van der Waals surface area contributed by atoms with Crippen molar-refractivity contribution >= 4 is 58.3 Å². The van der Waals surface area contributed by atoms with Crippen LogP contribution in [0.2, 0.25) is 0 Å². The van der Waals surface area contributed by atoms with Crippen LogP contribution in [0.4, 0.5) is 0 Å². The second-order valence-electron chi connectivity index (χ2n) is 6.81. The third-order valence-corrected chi connectivity index (χ3v) is 5.54. The van der Waals surface area contributed by atoms with E-state index in [4.69, 9.17) is 24.4 Å². The van der Waals surface area contributed by atoms with Crippen molar-refractivity contribution < 1.29 is 0 Å². The fraction of sp³-hybridized carbons (Fsp3) is 0.364. The normalized spacial score (nSPS) is 10.6. The molecule has 28 heavy (non-hydrogen) atoms. The molecule has 0 aliphatic carbocycles. The molecule has 0 atom stereocenters. The molecule has 2 rings (SSSR count). The predicted octanol–water partition coefficient (Wildman–Crippen LogP) is 6.21. The summed E-state index contributed by atoms with van der Waals surface area (Å²) in [5.41, 5.74) is 4.88. The zero-order chi connectivity index (χ0) is 20.5. The van der Waals surface area contributed by atoms with Crippen molar-refractivity contribution in [3.8, 4) is 11.1 Å². The molecule has 0 N–H and O–H groups in total. The quantitative estimate of drug-likeness (QED) is 0.348. The predicted molar refractivity (Wildman–Crippen MR) is 136 cm³/mol. The number of hydrogen-bond donors (Lipinski definition) is 2. The van der Waals surface area contributed by atoms with Crippen LogP contribution in [0.5, 0.6) is 0 Å². The standard InChI is InChI=1S/C22H28N2S4/c1-3-11-23(21(25)26)15-17-7-5-9-19(13-17)20-10-6-8-18(14-20)16-24(12-4-2)22(27)28/h5-10,13-14H,3-4,11-12,15-16H2,1-2H3,(H,25,26)(H,27,28). The van der Waals surface area contributed by atoms with E-state index in [2.05, 4.69) is 97.4 Å². The topological polar surface area (TPSA) is 6.48 Å². The highest BCUT2D eigenvalue weighted by Gasteiger charge is 2.09. The Labute approximate surface area is 191 Å². The Balaban J connectivity index is 2.21. The maximum Gasteiger partial charge on any atom is 0.133 e. The van der Waals surface area contributed by atoms with Crippen molar-refractivity contribution in [2.75, 3.05) is 13.1 Å². The SMILES string of the molecule is CCCN(Cc1cccc(-c2cccc(CN(CCC)C(=S)S)c2)c1)C(=S)S. The molecular formula is C22H28N2S4. The molecule has 0 radical (unpaired) electrons. The van der Waals surface area contributed by atoms with Crippen molar-refractivity contribution in [2.24, 2.45) is 0 Å². The van der Waals surface area contributed by atoms with Crippen LogP contribution in [0, 0.1) is 0 Å². The van der Waals surface area contributed by atoms with Crippen molar-refractivity contribution in [1.29, 1.82) is 0 Å². The van der Waals surface area contributed by atoms with Crippen LogP contribution in [0.1, 0.15) is 37.8 Å². The molecule has 0 unspecified atom stereocenters. The van der Waals surface area contributed by atoms with Gasteiger partial charge in [-0.25, -0.2) is 0 Å². The number of thiol groups is 2. The van der Waals surface area contributed by atoms with E-state index in [1.165, 1.54) is 22.3 Å². The monoisotopic (exact) mass is 448 g/mol. The molecule has 0 amide bonds. The van der Waals surface area contributed by atoms with Crippen LogP contribution in [0.25, 0.3) is 11.1 Å². The van der Waals surface area contributed by atoms with Crippen molar-refractivity contribution in [3.63, 3.8) is 0 Å². The van der Waals surface area contributed by atoms with Gasteiger partial charge in [-0.3, -0.25) is 0 Å². The van der Waals surface area contributed by atoms with E-state index >= 15 is 0 Å². The number of nitrogens with zero attached hydrogens (tertiary/aromatic N) is 2. The summed E-state index contributed by atoms with van der Waals surface area (Å²) in [6.45, 7) is 7.69. The third-order valence-electron chi connectivity index (χ3n) is 4.46. The van der Waals surface area contributed by atoms with E-state index in [-0.39, 0.29) is 0 Å². The largest absolute Gasteiger partial charge is 0.353 e. The zero-order valence-corrected chi connectivity index (χ0v) is 19.9. The Kier molecular flexibility index (Phi) is 9.79. The zero-order valence-electron chi connectivity index (χ0n) is 16.5. The van der Waals surface area contributed by atoms with Gasteiger partial charge in [0.05, 0.1) is 0 Å². The van der Waals surface area contributed by atoms with Crippen LogP contribution < -0.4 is 0 Å². The van der Waals surface area contributed by atoms with E-state index in [1.54, 1.807) is 0 Å². The molecule has 0 heterocycles.